The monoisotopic (exact) mass is 254 g/mol. The van der Waals surface area contributed by atoms with Crippen molar-refractivity contribution in [3.63, 3.8) is 0 Å². The molecule has 0 aliphatic carbocycles. The summed E-state index contributed by atoms with van der Waals surface area (Å²) in [5, 5.41) is 15.0. The predicted octanol–water partition coefficient (Wildman–Crippen LogP) is 1.56. The Morgan fingerprint density at radius 2 is 2.00 bits per heavy atom. The molecule has 1 rings (SSSR count). The fourth-order valence-electron chi connectivity index (χ4n) is 1.52. The molecule has 2 N–H and O–H groups in total. The maximum absolute atomic E-state index is 11.8. The van der Waals surface area contributed by atoms with Gasteiger partial charge in [0.1, 0.15) is 5.76 Å². The molecule has 0 saturated carbocycles. The zero-order valence-electron chi connectivity index (χ0n) is 11.0. The molecule has 1 atom stereocenters. The highest BCUT2D eigenvalue weighted by atomic mass is 16.5. The van der Waals surface area contributed by atoms with E-state index in [2.05, 4.69) is 10.5 Å². The molecule has 0 aromatic carbocycles. The molecule has 6 heteroatoms. The van der Waals surface area contributed by atoms with Crippen LogP contribution in [0.3, 0.4) is 0 Å². The highest BCUT2D eigenvalue weighted by Gasteiger charge is 2.21. The lowest BCUT2D eigenvalue weighted by atomic mass is 10.1. The largest absolute Gasteiger partial charge is 0.481 e. The first-order valence-electron chi connectivity index (χ1n) is 5.81. The average molecular weight is 254 g/mol. The average Bonchev–Trinajstić information content (AvgIpc) is 2.67. The number of carbonyl (C=O) groups is 2. The van der Waals surface area contributed by atoms with E-state index in [9.17, 15) is 9.59 Å². The predicted molar refractivity (Wildman–Crippen MR) is 64.5 cm³/mol. The van der Waals surface area contributed by atoms with Crippen LogP contribution >= 0.6 is 0 Å². The van der Waals surface area contributed by atoms with Gasteiger partial charge in [-0.25, -0.2) is 0 Å². The molecule has 0 radical (unpaired) electrons. The first-order valence-corrected chi connectivity index (χ1v) is 5.81. The fraction of sp³-hybridized carbons (Fsp3) is 0.583. The Balaban J connectivity index is 2.71. The van der Waals surface area contributed by atoms with Crippen LogP contribution in [0.25, 0.3) is 0 Å². The molecule has 0 spiro atoms. The summed E-state index contributed by atoms with van der Waals surface area (Å²) in [6.45, 7) is 7.25. The first-order chi connectivity index (χ1) is 8.34. The van der Waals surface area contributed by atoms with E-state index in [1.165, 1.54) is 6.92 Å². The summed E-state index contributed by atoms with van der Waals surface area (Å²) in [5.41, 5.74) is 0.918. The van der Waals surface area contributed by atoms with Gasteiger partial charge in [-0.1, -0.05) is 25.9 Å². The van der Waals surface area contributed by atoms with Crippen molar-refractivity contribution in [3.05, 3.63) is 17.0 Å². The van der Waals surface area contributed by atoms with Crippen LogP contribution in [-0.2, 0) is 4.79 Å². The molecular weight excluding hydrogens is 236 g/mol. The second-order valence-electron chi connectivity index (χ2n) is 4.62. The Morgan fingerprint density at radius 3 is 2.44 bits per heavy atom. The second kappa shape index (κ2) is 5.66. The lowest BCUT2D eigenvalue weighted by molar-refractivity contribution is -0.140. The lowest BCUT2D eigenvalue weighted by Gasteiger charge is -2.07. The number of rotatable bonds is 5. The molecule has 1 heterocycles. The van der Waals surface area contributed by atoms with Crippen LogP contribution in [0, 0.1) is 12.8 Å². The minimum atomic E-state index is -0.949. The number of aromatic nitrogens is 1. The molecule has 0 saturated heterocycles. The van der Waals surface area contributed by atoms with Crippen LogP contribution in [0.4, 0.5) is 0 Å². The topological polar surface area (TPSA) is 92.4 Å². The number of amides is 1. The van der Waals surface area contributed by atoms with Gasteiger partial charge in [0.2, 0.25) is 0 Å². The van der Waals surface area contributed by atoms with Gasteiger partial charge in [0.15, 0.2) is 5.69 Å². The number of nitrogens with one attached hydrogen (secondary N) is 1. The smallest absolute Gasteiger partial charge is 0.308 e. The van der Waals surface area contributed by atoms with E-state index in [0.717, 1.165) is 0 Å². The molecule has 1 amide bonds. The summed E-state index contributed by atoms with van der Waals surface area (Å²) in [6, 6.07) is 0. The number of carbonyl (C=O) groups excluding carboxylic acids is 1. The number of hydrogen-bond donors (Lipinski definition) is 2. The summed E-state index contributed by atoms with van der Waals surface area (Å²) < 4.78 is 5.11. The molecule has 18 heavy (non-hydrogen) atoms. The third-order valence-electron chi connectivity index (χ3n) is 2.69. The fourth-order valence-corrected chi connectivity index (χ4v) is 1.52. The van der Waals surface area contributed by atoms with E-state index in [1.54, 1.807) is 6.92 Å². The minimum Gasteiger partial charge on any atom is -0.481 e. The number of carboxylic acids is 1. The summed E-state index contributed by atoms with van der Waals surface area (Å²) in [4.78, 5) is 22.4. The zero-order chi connectivity index (χ0) is 13.9. The van der Waals surface area contributed by atoms with Gasteiger partial charge in [-0.05, 0) is 6.92 Å². The van der Waals surface area contributed by atoms with E-state index in [0.29, 0.717) is 11.3 Å². The van der Waals surface area contributed by atoms with Crippen LogP contribution in [0.2, 0.25) is 0 Å². The second-order valence-corrected chi connectivity index (χ2v) is 4.62. The maximum atomic E-state index is 11.8. The van der Waals surface area contributed by atoms with Gasteiger partial charge >= 0.3 is 5.97 Å². The number of carboxylic acid groups (broad SMARTS) is 1. The number of hydrogen-bond acceptors (Lipinski definition) is 4. The molecular formula is C12H18N2O4. The molecule has 0 fully saturated rings. The standard InChI is InChI=1S/C12H18N2O4/c1-6(2)10-8(4)9(14-18-10)11(15)13-5-7(3)12(16)17/h6-7H,5H2,1-4H3,(H,13,15)(H,16,17). The van der Waals surface area contributed by atoms with Gasteiger partial charge in [-0.15, -0.1) is 0 Å². The Bertz CT molecular complexity index is 451. The third-order valence-corrected chi connectivity index (χ3v) is 2.69. The summed E-state index contributed by atoms with van der Waals surface area (Å²) in [7, 11) is 0. The summed E-state index contributed by atoms with van der Waals surface area (Å²) in [5.74, 6) is -1.17. The Hall–Kier alpha value is -1.85. The molecule has 1 aromatic rings. The van der Waals surface area contributed by atoms with Gasteiger partial charge in [-0.2, -0.15) is 0 Å². The molecule has 100 valence electrons. The summed E-state index contributed by atoms with van der Waals surface area (Å²) >= 11 is 0. The van der Waals surface area contributed by atoms with Gasteiger partial charge in [0, 0.05) is 18.0 Å². The normalized spacial score (nSPS) is 12.5. The van der Waals surface area contributed by atoms with Crippen LogP contribution in [-0.4, -0.2) is 28.7 Å². The third kappa shape index (κ3) is 3.09. The highest BCUT2D eigenvalue weighted by molar-refractivity contribution is 5.93. The highest BCUT2D eigenvalue weighted by Crippen LogP contribution is 2.21. The van der Waals surface area contributed by atoms with Gasteiger partial charge in [0.25, 0.3) is 5.91 Å². The van der Waals surface area contributed by atoms with Gasteiger partial charge in [0.05, 0.1) is 5.92 Å². The Morgan fingerprint density at radius 1 is 1.39 bits per heavy atom. The Kier molecular flexibility index (Phi) is 4.47. The van der Waals surface area contributed by atoms with Crippen LogP contribution in [0.1, 0.15) is 48.5 Å². The summed E-state index contributed by atoms with van der Waals surface area (Å²) in [6.07, 6.45) is 0. The van der Waals surface area contributed by atoms with E-state index in [4.69, 9.17) is 9.63 Å². The van der Waals surface area contributed by atoms with Crippen molar-refractivity contribution in [1.82, 2.24) is 10.5 Å². The van der Waals surface area contributed by atoms with E-state index < -0.39 is 17.8 Å². The van der Waals surface area contributed by atoms with E-state index >= 15 is 0 Å². The van der Waals surface area contributed by atoms with E-state index in [-0.39, 0.29) is 18.2 Å². The minimum absolute atomic E-state index is 0.0669. The molecule has 1 unspecified atom stereocenters. The van der Waals surface area contributed by atoms with Crippen molar-refractivity contribution in [1.29, 1.82) is 0 Å². The van der Waals surface area contributed by atoms with Crippen molar-refractivity contribution >= 4 is 11.9 Å². The maximum Gasteiger partial charge on any atom is 0.308 e. The van der Waals surface area contributed by atoms with Crippen LogP contribution in [0.15, 0.2) is 4.52 Å². The lowest BCUT2D eigenvalue weighted by Crippen LogP contribution is -2.32. The first kappa shape index (κ1) is 14.2. The molecule has 0 aliphatic rings. The van der Waals surface area contributed by atoms with Crippen LogP contribution < -0.4 is 5.32 Å². The SMILES string of the molecule is Cc1c(C(=O)NCC(C)C(=O)O)noc1C(C)C. The Labute approximate surface area is 105 Å². The van der Waals surface area contributed by atoms with Crippen molar-refractivity contribution in [2.45, 2.75) is 33.6 Å². The number of nitrogens with zero attached hydrogens (tertiary/aromatic N) is 1. The molecule has 1 aromatic heterocycles. The van der Waals surface area contributed by atoms with Crippen molar-refractivity contribution in [3.8, 4) is 0 Å². The molecule has 6 nitrogen and oxygen atoms in total. The molecule has 0 aliphatic heterocycles. The van der Waals surface area contributed by atoms with Crippen LogP contribution in [0.5, 0.6) is 0 Å². The number of aliphatic carboxylic acids is 1. The van der Waals surface area contributed by atoms with Gasteiger partial charge < -0.3 is 14.9 Å². The van der Waals surface area contributed by atoms with Crippen molar-refractivity contribution in [2.75, 3.05) is 6.54 Å². The van der Waals surface area contributed by atoms with Crippen molar-refractivity contribution < 1.29 is 19.2 Å². The molecule has 0 bridgehead atoms. The van der Waals surface area contributed by atoms with Crippen molar-refractivity contribution in [2.24, 2.45) is 5.92 Å². The van der Waals surface area contributed by atoms with E-state index in [1.807, 2.05) is 13.8 Å². The zero-order valence-corrected chi connectivity index (χ0v) is 11.0. The van der Waals surface area contributed by atoms with Gasteiger partial charge in [-0.3, -0.25) is 9.59 Å². The quantitative estimate of drug-likeness (QED) is 0.831.